The first-order valence-corrected chi connectivity index (χ1v) is 9.65. The summed E-state index contributed by atoms with van der Waals surface area (Å²) in [4.78, 5) is 17.8. The molecule has 2 heterocycles. The van der Waals surface area contributed by atoms with Crippen LogP contribution in [0.5, 0.6) is 0 Å². The Balaban J connectivity index is 0.00000190. The predicted molar refractivity (Wildman–Crippen MR) is 103 cm³/mol. The fourth-order valence-corrected chi connectivity index (χ4v) is 2.73. The molecular formula is C20H31F3N2O3. The molecule has 1 fully saturated rings. The molecule has 0 aromatic rings. The van der Waals surface area contributed by atoms with Gasteiger partial charge >= 0.3 is 12.3 Å². The van der Waals surface area contributed by atoms with Crippen molar-refractivity contribution >= 4 is 12.0 Å². The molecule has 2 atom stereocenters. The summed E-state index contributed by atoms with van der Waals surface area (Å²) < 4.78 is 49.2. The van der Waals surface area contributed by atoms with Gasteiger partial charge in [-0.15, -0.1) is 0 Å². The number of ether oxygens (including phenoxy) is 2. The first-order valence-electron chi connectivity index (χ1n) is 9.65. The largest absolute Gasteiger partial charge is 0.478 e. The topological polar surface area (TPSA) is 51.1 Å². The third kappa shape index (κ3) is 7.94. The maximum Gasteiger partial charge on any atom is 0.410 e. The summed E-state index contributed by atoms with van der Waals surface area (Å²) in [7, 11) is 0. The van der Waals surface area contributed by atoms with Crippen molar-refractivity contribution in [3.05, 3.63) is 24.4 Å². The van der Waals surface area contributed by atoms with Crippen LogP contribution in [0.1, 0.15) is 53.9 Å². The maximum absolute atomic E-state index is 12.7. The molecule has 0 aromatic heterocycles. The molecule has 1 amide bonds. The molecule has 2 aliphatic heterocycles. The summed E-state index contributed by atoms with van der Waals surface area (Å²) in [5.74, 6) is -1.31. The van der Waals surface area contributed by atoms with Gasteiger partial charge in [0.2, 0.25) is 0 Å². The van der Waals surface area contributed by atoms with E-state index in [-0.39, 0.29) is 25.2 Å². The van der Waals surface area contributed by atoms with Gasteiger partial charge in [0.15, 0.2) is 5.90 Å². The molecule has 2 aliphatic rings. The minimum Gasteiger partial charge on any atom is -0.478 e. The Morgan fingerprint density at radius 1 is 1.25 bits per heavy atom. The monoisotopic (exact) mass is 404 g/mol. The lowest BCUT2D eigenvalue weighted by Crippen LogP contribution is -2.42. The minimum atomic E-state index is -4.32. The lowest BCUT2D eigenvalue weighted by Gasteiger charge is -2.28. The lowest BCUT2D eigenvalue weighted by atomic mass is 10.1. The summed E-state index contributed by atoms with van der Waals surface area (Å²) in [5, 5.41) is 0. The molecule has 0 bridgehead atoms. The number of likely N-dealkylation sites (tertiary alicyclic amines) is 1. The van der Waals surface area contributed by atoms with Crippen LogP contribution < -0.4 is 0 Å². The highest BCUT2D eigenvalue weighted by Crippen LogP contribution is 2.29. The normalized spacial score (nSPS) is 23.7. The number of allylic oxidation sites excluding steroid dienone is 2. The van der Waals surface area contributed by atoms with E-state index in [0.29, 0.717) is 12.4 Å². The Morgan fingerprint density at radius 3 is 2.54 bits per heavy atom. The molecule has 0 spiro atoms. The Labute approximate surface area is 165 Å². The lowest BCUT2D eigenvalue weighted by molar-refractivity contribution is -0.148. The Kier molecular flexibility index (Phi) is 9.04. The second-order valence-electron chi connectivity index (χ2n) is 7.34. The van der Waals surface area contributed by atoms with Gasteiger partial charge in [-0.25, -0.2) is 9.79 Å². The van der Waals surface area contributed by atoms with Gasteiger partial charge < -0.3 is 14.4 Å². The minimum absolute atomic E-state index is 0.131. The van der Waals surface area contributed by atoms with E-state index in [1.165, 1.54) is 6.08 Å². The van der Waals surface area contributed by atoms with E-state index in [1.54, 1.807) is 4.90 Å². The van der Waals surface area contributed by atoms with Crippen molar-refractivity contribution in [1.82, 2.24) is 4.90 Å². The zero-order valence-corrected chi connectivity index (χ0v) is 17.3. The van der Waals surface area contributed by atoms with Crippen LogP contribution in [0.4, 0.5) is 18.0 Å². The molecule has 0 saturated carbocycles. The van der Waals surface area contributed by atoms with E-state index in [9.17, 15) is 18.0 Å². The zero-order chi connectivity index (χ0) is 21.4. The third-order valence-corrected chi connectivity index (χ3v) is 3.97. The maximum atomic E-state index is 12.7. The molecule has 8 heteroatoms. The first kappa shape index (κ1) is 24.0. The van der Waals surface area contributed by atoms with Crippen LogP contribution in [0.15, 0.2) is 29.4 Å². The average molecular weight is 404 g/mol. The van der Waals surface area contributed by atoms with Crippen molar-refractivity contribution < 1.29 is 27.4 Å². The van der Waals surface area contributed by atoms with E-state index in [1.807, 2.05) is 34.6 Å². The van der Waals surface area contributed by atoms with E-state index in [2.05, 4.69) is 4.99 Å². The van der Waals surface area contributed by atoms with E-state index >= 15 is 0 Å². The van der Waals surface area contributed by atoms with Gasteiger partial charge in [0, 0.05) is 19.2 Å². The SMILES string of the molecule is CC.CC(C)(C)OC(=O)N1CCC[C@H]1COC1=NC=CC(C(F)(F)F)/C=C\C1. The van der Waals surface area contributed by atoms with Gasteiger partial charge in [-0.05, 0) is 33.6 Å². The number of alkyl halides is 3. The van der Waals surface area contributed by atoms with Gasteiger partial charge in [-0.3, -0.25) is 0 Å². The predicted octanol–water partition coefficient (Wildman–Crippen LogP) is 5.48. The van der Waals surface area contributed by atoms with Crippen LogP contribution in [0, 0.1) is 5.92 Å². The highest BCUT2D eigenvalue weighted by Gasteiger charge is 2.36. The van der Waals surface area contributed by atoms with Gasteiger partial charge in [0.25, 0.3) is 0 Å². The number of aliphatic imine (C=N–C) groups is 1. The molecule has 2 rings (SSSR count). The molecule has 0 aliphatic carbocycles. The van der Waals surface area contributed by atoms with E-state index in [0.717, 1.165) is 31.2 Å². The van der Waals surface area contributed by atoms with E-state index in [4.69, 9.17) is 9.47 Å². The number of nitrogens with zero attached hydrogens (tertiary/aromatic N) is 2. The highest BCUT2D eigenvalue weighted by atomic mass is 19.4. The van der Waals surface area contributed by atoms with Crippen LogP contribution >= 0.6 is 0 Å². The fraction of sp³-hybridized carbons (Fsp3) is 0.700. The quantitative estimate of drug-likeness (QED) is 0.573. The summed E-state index contributed by atoms with van der Waals surface area (Å²) in [6, 6.07) is -0.131. The van der Waals surface area contributed by atoms with Crippen molar-refractivity contribution in [1.29, 1.82) is 0 Å². The summed E-state index contributed by atoms with van der Waals surface area (Å²) in [6.45, 7) is 10.3. The molecule has 1 saturated heterocycles. The Hall–Kier alpha value is -1.99. The van der Waals surface area contributed by atoms with Crippen LogP contribution in [-0.2, 0) is 9.47 Å². The van der Waals surface area contributed by atoms with Crippen LogP contribution in [0.25, 0.3) is 0 Å². The van der Waals surface area contributed by atoms with Crippen LogP contribution in [-0.4, -0.2) is 47.9 Å². The molecule has 5 nitrogen and oxygen atoms in total. The van der Waals surface area contributed by atoms with Crippen molar-refractivity contribution in [2.75, 3.05) is 13.2 Å². The number of hydrogen-bond donors (Lipinski definition) is 0. The van der Waals surface area contributed by atoms with Crippen molar-refractivity contribution in [2.24, 2.45) is 10.9 Å². The standard InChI is InChI=1S/C18H25F3N2O3.C2H6/c1-17(2,3)26-16(24)23-11-5-7-14(23)12-25-15-8-4-6-13(9-10-22-15)18(19,20)21;1-2/h4,6,9-10,13-14H,5,7-8,11-12H2,1-3H3;1-2H3/b6-4-,10-9?,22-15?;/t13?,14-;/m0./s1. The summed E-state index contributed by atoms with van der Waals surface area (Å²) in [5.41, 5.74) is -0.570. The number of hydrogen-bond acceptors (Lipinski definition) is 4. The van der Waals surface area contributed by atoms with Gasteiger partial charge in [-0.2, -0.15) is 13.2 Å². The second kappa shape index (κ2) is 10.5. The number of rotatable bonds is 2. The number of carbonyl (C=O) groups is 1. The molecule has 1 unspecified atom stereocenters. The highest BCUT2D eigenvalue weighted by molar-refractivity contribution is 5.78. The molecular weight excluding hydrogens is 373 g/mol. The number of carbonyl (C=O) groups excluding carboxylic acids is 1. The van der Waals surface area contributed by atoms with Gasteiger partial charge in [0.1, 0.15) is 12.2 Å². The van der Waals surface area contributed by atoms with E-state index < -0.39 is 17.7 Å². The number of amides is 1. The second-order valence-corrected chi connectivity index (χ2v) is 7.34. The molecule has 0 aromatic carbocycles. The fourth-order valence-electron chi connectivity index (χ4n) is 2.73. The summed E-state index contributed by atoms with van der Waals surface area (Å²) >= 11 is 0. The van der Waals surface area contributed by atoms with Crippen LogP contribution in [0.2, 0.25) is 0 Å². The smallest absolute Gasteiger partial charge is 0.410 e. The third-order valence-electron chi connectivity index (χ3n) is 3.97. The number of halogens is 3. The van der Waals surface area contributed by atoms with Crippen molar-refractivity contribution in [3.8, 4) is 0 Å². The first-order chi connectivity index (χ1) is 13.1. The molecule has 0 N–H and O–H groups in total. The van der Waals surface area contributed by atoms with Crippen molar-refractivity contribution in [2.45, 2.75) is 71.7 Å². The zero-order valence-electron chi connectivity index (χ0n) is 17.3. The summed E-state index contributed by atoms with van der Waals surface area (Å²) in [6.07, 6.45) is 1.73. The Bertz CT molecular complexity index is 592. The van der Waals surface area contributed by atoms with Crippen molar-refractivity contribution in [3.63, 3.8) is 0 Å². The molecule has 0 radical (unpaired) electrons. The van der Waals surface area contributed by atoms with Crippen LogP contribution in [0.3, 0.4) is 0 Å². The average Bonchev–Trinajstić information content (AvgIpc) is 3.01. The van der Waals surface area contributed by atoms with Gasteiger partial charge in [-0.1, -0.05) is 32.1 Å². The Morgan fingerprint density at radius 2 is 1.93 bits per heavy atom. The van der Waals surface area contributed by atoms with Gasteiger partial charge in [0.05, 0.1) is 12.0 Å². The molecule has 28 heavy (non-hydrogen) atoms. The molecule has 160 valence electrons.